The molecule has 0 N–H and O–H groups in total. The van der Waals surface area contributed by atoms with Crippen molar-refractivity contribution in [1.82, 2.24) is 14.8 Å². The SMILES string of the molecule is CCC[C@@H](Sc1nnc(N2CCOCC2)n1C)C(=O)OCC. The van der Waals surface area contributed by atoms with Crippen molar-refractivity contribution in [2.24, 2.45) is 7.05 Å². The average Bonchev–Trinajstić information content (AvgIpc) is 2.89. The molecule has 8 heteroatoms. The number of hydrogen-bond acceptors (Lipinski definition) is 7. The Morgan fingerprint density at radius 2 is 2.09 bits per heavy atom. The Morgan fingerprint density at radius 3 is 2.73 bits per heavy atom. The molecule has 1 fully saturated rings. The highest BCUT2D eigenvalue weighted by molar-refractivity contribution is 8.00. The highest BCUT2D eigenvalue weighted by atomic mass is 32.2. The second-order valence-electron chi connectivity index (χ2n) is 5.09. The molecule has 22 heavy (non-hydrogen) atoms. The maximum Gasteiger partial charge on any atom is 0.319 e. The zero-order valence-electron chi connectivity index (χ0n) is 13.4. The third-order valence-corrected chi connectivity index (χ3v) is 4.73. The fraction of sp³-hybridized carbons (Fsp3) is 0.786. The molecule has 124 valence electrons. The molecule has 0 aliphatic carbocycles. The van der Waals surface area contributed by atoms with Crippen molar-refractivity contribution in [1.29, 1.82) is 0 Å². The van der Waals surface area contributed by atoms with Gasteiger partial charge >= 0.3 is 5.97 Å². The molecule has 0 radical (unpaired) electrons. The molecule has 1 aliphatic rings. The topological polar surface area (TPSA) is 69.5 Å². The van der Waals surface area contributed by atoms with Crippen molar-refractivity contribution in [3.8, 4) is 0 Å². The molecule has 2 heterocycles. The van der Waals surface area contributed by atoms with Gasteiger partial charge in [-0.05, 0) is 13.3 Å². The number of anilines is 1. The van der Waals surface area contributed by atoms with Crippen molar-refractivity contribution in [2.45, 2.75) is 37.1 Å². The number of ether oxygens (including phenoxy) is 2. The molecule has 0 bridgehead atoms. The summed E-state index contributed by atoms with van der Waals surface area (Å²) >= 11 is 1.43. The number of carbonyl (C=O) groups excluding carboxylic acids is 1. The molecule has 1 aromatic rings. The summed E-state index contributed by atoms with van der Waals surface area (Å²) in [5, 5.41) is 9.02. The summed E-state index contributed by atoms with van der Waals surface area (Å²) in [6, 6.07) is 0. The normalized spacial score (nSPS) is 16.6. The van der Waals surface area contributed by atoms with E-state index in [0.717, 1.165) is 37.0 Å². The lowest BCUT2D eigenvalue weighted by Gasteiger charge is -2.27. The molecule has 0 amide bonds. The minimum absolute atomic E-state index is 0.176. The number of carbonyl (C=O) groups is 1. The number of nitrogens with zero attached hydrogens (tertiary/aromatic N) is 4. The number of aromatic nitrogens is 3. The fourth-order valence-electron chi connectivity index (χ4n) is 2.30. The Hall–Kier alpha value is -1.28. The minimum Gasteiger partial charge on any atom is -0.465 e. The molecule has 0 unspecified atom stereocenters. The molecule has 1 atom stereocenters. The Bertz CT molecular complexity index is 488. The molecular formula is C14H24N4O3S. The highest BCUT2D eigenvalue weighted by Crippen LogP contribution is 2.28. The molecule has 2 rings (SSSR count). The van der Waals surface area contributed by atoms with Crippen LogP contribution in [0.5, 0.6) is 0 Å². The molecular weight excluding hydrogens is 304 g/mol. The van der Waals surface area contributed by atoms with Gasteiger partial charge in [-0.2, -0.15) is 0 Å². The van der Waals surface area contributed by atoms with Gasteiger partial charge in [0.1, 0.15) is 5.25 Å². The minimum atomic E-state index is -0.231. The smallest absolute Gasteiger partial charge is 0.319 e. The van der Waals surface area contributed by atoms with Gasteiger partial charge < -0.3 is 14.4 Å². The number of esters is 1. The Balaban J connectivity index is 2.07. The van der Waals surface area contributed by atoms with Crippen molar-refractivity contribution in [2.75, 3.05) is 37.8 Å². The summed E-state index contributed by atoms with van der Waals surface area (Å²) in [6.07, 6.45) is 1.69. The first kappa shape index (κ1) is 17.1. The van der Waals surface area contributed by atoms with Crippen LogP contribution in [0.15, 0.2) is 5.16 Å². The van der Waals surface area contributed by atoms with Crippen LogP contribution >= 0.6 is 11.8 Å². The Morgan fingerprint density at radius 1 is 1.36 bits per heavy atom. The van der Waals surface area contributed by atoms with Gasteiger partial charge in [-0.1, -0.05) is 25.1 Å². The predicted molar refractivity (Wildman–Crippen MR) is 85.2 cm³/mol. The Labute approximate surface area is 135 Å². The lowest BCUT2D eigenvalue weighted by molar-refractivity contribution is -0.142. The van der Waals surface area contributed by atoms with Crippen molar-refractivity contribution in [3.63, 3.8) is 0 Å². The Kier molecular flexibility index (Phi) is 6.50. The molecule has 7 nitrogen and oxygen atoms in total. The third kappa shape index (κ3) is 4.13. The van der Waals surface area contributed by atoms with Crippen LogP contribution in [0.25, 0.3) is 0 Å². The van der Waals surface area contributed by atoms with E-state index in [1.165, 1.54) is 11.8 Å². The van der Waals surface area contributed by atoms with Crippen LogP contribution < -0.4 is 4.90 Å². The molecule has 1 aromatic heterocycles. The lowest BCUT2D eigenvalue weighted by atomic mass is 10.2. The van der Waals surface area contributed by atoms with E-state index >= 15 is 0 Å². The van der Waals surface area contributed by atoms with Crippen LogP contribution in [0.1, 0.15) is 26.7 Å². The average molecular weight is 328 g/mol. The van der Waals surface area contributed by atoms with E-state index in [1.807, 2.05) is 18.5 Å². The third-order valence-electron chi connectivity index (χ3n) is 3.45. The van der Waals surface area contributed by atoms with Crippen LogP contribution in [0.3, 0.4) is 0 Å². The van der Waals surface area contributed by atoms with E-state index < -0.39 is 0 Å². The highest BCUT2D eigenvalue weighted by Gasteiger charge is 2.25. The summed E-state index contributed by atoms with van der Waals surface area (Å²) in [5.74, 6) is 0.648. The first-order valence-corrected chi connectivity index (χ1v) is 8.60. The largest absolute Gasteiger partial charge is 0.465 e. The van der Waals surface area contributed by atoms with Gasteiger partial charge in [0.2, 0.25) is 5.95 Å². The van der Waals surface area contributed by atoms with Gasteiger partial charge in [-0.25, -0.2) is 0 Å². The van der Waals surface area contributed by atoms with Crippen LogP contribution in [-0.2, 0) is 21.3 Å². The molecule has 0 aromatic carbocycles. The van der Waals surface area contributed by atoms with Gasteiger partial charge in [-0.15, -0.1) is 10.2 Å². The van der Waals surface area contributed by atoms with Gasteiger partial charge in [0.25, 0.3) is 0 Å². The first-order chi connectivity index (χ1) is 10.7. The number of rotatable bonds is 7. The summed E-state index contributed by atoms with van der Waals surface area (Å²) in [5.41, 5.74) is 0. The molecule has 0 spiro atoms. The van der Waals surface area contributed by atoms with Crippen molar-refractivity contribution >= 4 is 23.7 Å². The standard InChI is InChI=1S/C14H24N4O3S/c1-4-6-11(12(19)21-5-2)22-14-16-15-13(17(14)3)18-7-9-20-10-8-18/h11H,4-10H2,1-3H3/t11-/m1/s1. The quantitative estimate of drug-likeness (QED) is 0.554. The molecule has 1 saturated heterocycles. The van der Waals surface area contributed by atoms with Crippen LogP contribution in [0.4, 0.5) is 5.95 Å². The van der Waals surface area contributed by atoms with Gasteiger partial charge in [0.15, 0.2) is 5.16 Å². The maximum atomic E-state index is 12.0. The van der Waals surface area contributed by atoms with E-state index in [4.69, 9.17) is 9.47 Å². The van der Waals surface area contributed by atoms with E-state index in [0.29, 0.717) is 19.8 Å². The number of morpholine rings is 1. The van der Waals surface area contributed by atoms with Gasteiger partial charge in [0.05, 0.1) is 19.8 Å². The first-order valence-electron chi connectivity index (χ1n) is 7.72. The van der Waals surface area contributed by atoms with Crippen molar-refractivity contribution < 1.29 is 14.3 Å². The van der Waals surface area contributed by atoms with Crippen LogP contribution in [0.2, 0.25) is 0 Å². The van der Waals surface area contributed by atoms with Gasteiger partial charge in [-0.3, -0.25) is 9.36 Å². The van der Waals surface area contributed by atoms with Crippen molar-refractivity contribution in [3.05, 3.63) is 0 Å². The van der Waals surface area contributed by atoms with E-state index in [2.05, 4.69) is 22.0 Å². The fourth-order valence-corrected chi connectivity index (χ4v) is 3.40. The molecule has 0 saturated carbocycles. The van der Waals surface area contributed by atoms with Crippen LogP contribution in [0, 0.1) is 0 Å². The monoisotopic (exact) mass is 328 g/mol. The van der Waals surface area contributed by atoms with Crippen LogP contribution in [-0.4, -0.2) is 58.9 Å². The molecule has 1 aliphatic heterocycles. The number of thioether (sulfide) groups is 1. The lowest BCUT2D eigenvalue weighted by Crippen LogP contribution is -2.37. The zero-order valence-corrected chi connectivity index (χ0v) is 14.3. The summed E-state index contributed by atoms with van der Waals surface area (Å²) < 4.78 is 12.4. The second kappa shape index (κ2) is 8.38. The maximum absolute atomic E-state index is 12.0. The summed E-state index contributed by atoms with van der Waals surface area (Å²) in [6.45, 7) is 7.32. The van der Waals surface area contributed by atoms with E-state index in [9.17, 15) is 4.79 Å². The van der Waals surface area contributed by atoms with E-state index in [-0.39, 0.29) is 11.2 Å². The second-order valence-corrected chi connectivity index (χ2v) is 6.26. The van der Waals surface area contributed by atoms with Gasteiger partial charge in [0, 0.05) is 20.1 Å². The predicted octanol–water partition coefficient (Wildman–Crippen LogP) is 1.48. The summed E-state index contributed by atoms with van der Waals surface area (Å²) in [4.78, 5) is 14.2. The zero-order chi connectivity index (χ0) is 15.9. The van der Waals surface area contributed by atoms with E-state index in [1.54, 1.807) is 0 Å². The summed E-state index contributed by atoms with van der Waals surface area (Å²) in [7, 11) is 1.93. The number of hydrogen-bond donors (Lipinski definition) is 0.